The first-order valence-corrected chi connectivity index (χ1v) is 7.66. The van der Waals surface area contributed by atoms with Crippen LogP contribution in [0, 0.1) is 5.92 Å². The van der Waals surface area contributed by atoms with Gasteiger partial charge >= 0.3 is 0 Å². The fourth-order valence-electron chi connectivity index (χ4n) is 2.39. The molecule has 0 amide bonds. The maximum Gasteiger partial charge on any atom is 0.0155 e. The molecule has 0 saturated heterocycles. The van der Waals surface area contributed by atoms with Crippen LogP contribution in [0.15, 0.2) is 0 Å². The molecule has 3 unspecified atom stereocenters. The average molecular weight is 229 g/mol. The molecule has 0 spiro atoms. The molecule has 0 aliphatic heterocycles. The van der Waals surface area contributed by atoms with E-state index in [4.69, 9.17) is 0 Å². The molecule has 1 rings (SSSR count). The molecule has 90 valence electrons. The number of hydrogen-bond donors (Lipinski definition) is 1. The van der Waals surface area contributed by atoms with Crippen LogP contribution in [-0.4, -0.2) is 23.6 Å². The van der Waals surface area contributed by atoms with Gasteiger partial charge in [-0.25, -0.2) is 0 Å². The van der Waals surface area contributed by atoms with E-state index in [-0.39, 0.29) is 0 Å². The van der Waals surface area contributed by atoms with E-state index in [0.717, 1.165) is 23.8 Å². The quantitative estimate of drug-likeness (QED) is 0.745. The van der Waals surface area contributed by atoms with Crippen LogP contribution in [0.5, 0.6) is 0 Å². The van der Waals surface area contributed by atoms with Crippen LogP contribution in [-0.2, 0) is 0 Å². The summed E-state index contributed by atoms with van der Waals surface area (Å²) in [5.41, 5.74) is 0. The second kappa shape index (κ2) is 7.56. The first kappa shape index (κ1) is 13.4. The Hall–Kier alpha value is 0.310. The van der Waals surface area contributed by atoms with E-state index >= 15 is 0 Å². The predicted octanol–water partition coefficient (Wildman–Crippen LogP) is 3.69. The van der Waals surface area contributed by atoms with Crippen molar-refractivity contribution in [2.75, 3.05) is 12.3 Å². The smallest absolute Gasteiger partial charge is 0.0155 e. The van der Waals surface area contributed by atoms with E-state index < -0.39 is 0 Å². The van der Waals surface area contributed by atoms with Crippen LogP contribution in [0.3, 0.4) is 0 Å². The van der Waals surface area contributed by atoms with Gasteiger partial charge in [0.05, 0.1) is 0 Å². The molecule has 1 nitrogen and oxygen atoms in total. The molecule has 2 heteroatoms. The Morgan fingerprint density at radius 3 is 2.73 bits per heavy atom. The van der Waals surface area contributed by atoms with Gasteiger partial charge in [0.2, 0.25) is 0 Å². The van der Waals surface area contributed by atoms with Crippen molar-refractivity contribution in [1.82, 2.24) is 5.32 Å². The van der Waals surface area contributed by atoms with Gasteiger partial charge < -0.3 is 5.32 Å². The highest BCUT2D eigenvalue weighted by Crippen LogP contribution is 2.32. The topological polar surface area (TPSA) is 12.0 Å². The van der Waals surface area contributed by atoms with Crippen LogP contribution in [0.1, 0.15) is 52.9 Å². The molecule has 1 N–H and O–H groups in total. The molecule has 0 aromatic carbocycles. The van der Waals surface area contributed by atoms with Gasteiger partial charge in [0, 0.05) is 17.0 Å². The maximum atomic E-state index is 3.56. The monoisotopic (exact) mass is 229 g/mol. The summed E-state index contributed by atoms with van der Waals surface area (Å²) in [7, 11) is 0. The van der Waals surface area contributed by atoms with Crippen molar-refractivity contribution in [2.24, 2.45) is 5.92 Å². The van der Waals surface area contributed by atoms with Gasteiger partial charge in [-0.3, -0.25) is 0 Å². The Bertz CT molecular complexity index is 161. The highest BCUT2D eigenvalue weighted by molar-refractivity contribution is 7.99. The zero-order chi connectivity index (χ0) is 11.1. The zero-order valence-electron chi connectivity index (χ0n) is 10.6. The largest absolute Gasteiger partial charge is 0.313 e. The van der Waals surface area contributed by atoms with Crippen molar-refractivity contribution >= 4 is 11.8 Å². The molecule has 0 bridgehead atoms. The minimum atomic E-state index is 0.734. The first-order valence-electron chi connectivity index (χ1n) is 6.61. The van der Waals surface area contributed by atoms with E-state index in [1.165, 1.54) is 37.9 Å². The molecule has 1 saturated carbocycles. The van der Waals surface area contributed by atoms with E-state index in [9.17, 15) is 0 Å². The summed E-state index contributed by atoms with van der Waals surface area (Å²) < 4.78 is 0. The van der Waals surface area contributed by atoms with E-state index in [1.807, 2.05) is 0 Å². The number of nitrogens with one attached hydrogen (secondary N) is 1. The molecule has 1 aliphatic carbocycles. The van der Waals surface area contributed by atoms with Crippen molar-refractivity contribution < 1.29 is 0 Å². The Labute approximate surface area is 99.8 Å². The lowest BCUT2D eigenvalue weighted by molar-refractivity contribution is 0.393. The van der Waals surface area contributed by atoms with Crippen molar-refractivity contribution in [2.45, 2.75) is 64.2 Å². The molecule has 0 heterocycles. The summed E-state index contributed by atoms with van der Waals surface area (Å²) in [6.07, 6.45) is 7.09. The molecular weight excluding hydrogens is 202 g/mol. The summed E-state index contributed by atoms with van der Waals surface area (Å²) in [5, 5.41) is 4.51. The maximum absolute atomic E-state index is 3.56. The minimum Gasteiger partial charge on any atom is -0.313 e. The third kappa shape index (κ3) is 5.26. The second-order valence-electron chi connectivity index (χ2n) is 4.89. The summed E-state index contributed by atoms with van der Waals surface area (Å²) in [4.78, 5) is 0. The van der Waals surface area contributed by atoms with Gasteiger partial charge in [-0.05, 0) is 31.7 Å². The van der Waals surface area contributed by atoms with E-state index in [0.29, 0.717) is 0 Å². The normalized spacial score (nSPS) is 29.0. The molecular formula is C13H27NS. The van der Waals surface area contributed by atoms with Gasteiger partial charge in [0.15, 0.2) is 0 Å². The van der Waals surface area contributed by atoms with E-state index in [1.54, 1.807) is 0 Å². The number of hydrogen-bond acceptors (Lipinski definition) is 2. The second-order valence-corrected chi connectivity index (χ2v) is 6.22. The third-order valence-corrected chi connectivity index (χ3v) is 4.90. The van der Waals surface area contributed by atoms with Gasteiger partial charge in [-0.1, -0.05) is 33.6 Å². The molecule has 15 heavy (non-hydrogen) atoms. The molecule has 3 atom stereocenters. The van der Waals surface area contributed by atoms with Crippen LogP contribution in [0.4, 0.5) is 0 Å². The van der Waals surface area contributed by atoms with E-state index in [2.05, 4.69) is 37.8 Å². The summed E-state index contributed by atoms with van der Waals surface area (Å²) >= 11 is 2.21. The zero-order valence-corrected chi connectivity index (χ0v) is 11.4. The van der Waals surface area contributed by atoms with Crippen LogP contribution in [0.25, 0.3) is 0 Å². The Morgan fingerprint density at radius 2 is 2.13 bits per heavy atom. The third-order valence-electron chi connectivity index (χ3n) is 3.41. The van der Waals surface area contributed by atoms with Crippen molar-refractivity contribution in [3.05, 3.63) is 0 Å². The SMILES string of the molecule is CCNC(CC)CSC1CCCC(C)C1. The summed E-state index contributed by atoms with van der Waals surface area (Å²) in [5.74, 6) is 2.28. The van der Waals surface area contributed by atoms with Crippen molar-refractivity contribution in [1.29, 1.82) is 0 Å². The van der Waals surface area contributed by atoms with Crippen LogP contribution in [0.2, 0.25) is 0 Å². The Kier molecular flexibility index (Phi) is 6.74. The van der Waals surface area contributed by atoms with Crippen molar-refractivity contribution in [3.8, 4) is 0 Å². The predicted molar refractivity (Wildman–Crippen MR) is 71.6 cm³/mol. The van der Waals surface area contributed by atoms with Crippen molar-refractivity contribution in [3.63, 3.8) is 0 Å². The van der Waals surface area contributed by atoms with Gasteiger partial charge in [-0.2, -0.15) is 11.8 Å². The molecule has 0 radical (unpaired) electrons. The standard InChI is InChI=1S/C13H27NS/c1-4-12(14-5-2)10-15-13-8-6-7-11(3)9-13/h11-14H,4-10H2,1-3H3. The van der Waals surface area contributed by atoms with Gasteiger partial charge in [0.1, 0.15) is 0 Å². The summed E-state index contributed by atoms with van der Waals surface area (Å²) in [6.45, 7) is 8.02. The highest BCUT2D eigenvalue weighted by atomic mass is 32.2. The average Bonchev–Trinajstić information content (AvgIpc) is 2.24. The lowest BCUT2D eigenvalue weighted by Crippen LogP contribution is -2.31. The number of rotatable bonds is 6. The fraction of sp³-hybridized carbons (Fsp3) is 1.00. The number of thioether (sulfide) groups is 1. The highest BCUT2D eigenvalue weighted by Gasteiger charge is 2.19. The van der Waals surface area contributed by atoms with Gasteiger partial charge in [0.25, 0.3) is 0 Å². The first-order chi connectivity index (χ1) is 7.26. The lowest BCUT2D eigenvalue weighted by atomic mass is 9.91. The lowest BCUT2D eigenvalue weighted by Gasteiger charge is -2.27. The Balaban J connectivity index is 2.16. The molecule has 0 aromatic heterocycles. The minimum absolute atomic E-state index is 0.734. The summed E-state index contributed by atoms with van der Waals surface area (Å²) in [6, 6.07) is 0.734. The Morgan fingerprint density at radius 1 is 1.33 bits per heavy atom. The van der Waals surface area contributed by atoms with Crippen LogP contribution < -0.4 is 5.32 Å². The van der Waals surface area contributed by atoms with Crippen LogP contribution >= 0.6 is 11.8 Å². The fourth-order valence-corrected chi connectivity index (χ4v) is 4.05. The molecule has 0 aromatic rings. The molecule has 1 aliphatic rings. The molecule has 1 fully saturated rings. The van der Waals surface area contributed by atoms with Gasteiger partial charge in [-0.15, -0.1) is 0 Å².